The third-order valence-electron chi connectivity index (χ3n) is 5.11. The largest absolute Gasteiger partial charge is 0.497 e. The normalized spacial score (nSPS) is 13.4. The highest BCUT2D eigenvalue weighted by molar-refractivity contribution is 7.92. The molecule has 0 spiro atoms. The van der Waals surface area contributed by atoms with E-state index >= 15 is 0 Å². The summed E-state index contributed by atoms with van der Waals surface area (Å²) in [5.41, 5.74) is 3.71. The maximum atomic E-state index is 13.5. The number of carbonyl (C=O) groups is 1. The van der Waals surface area contributed by atoms with Crippen molar-refractivity contribution in [2.24, 2.45) is 5.10 Å². The number of anilines is 1. The smallest absolute Gasteiger partial charge is 0.264 e. The lowest BCUT2D eigenvalue weighted by Crippen LogP contribution is -2.39. The van der Waals surface area contributed by atoms with E-state index in [4.69, 9.17) is 14.2 Å². The van der Waals surface area contributed by atoms with E-state index in [1.165, 1.54) is 39.5 Å². The Balaban J connectivity index is 1.94. The number of hydrazone groups is 1. The van der Waals surface area contributed by atoms with Crippen molar-refractivity contribution in [2.75, 3.05) is 32.2 Å². The van der Waals surface area contributed by atoms with Crippen LogP contribution >= 0.6 is 0 Å². The first-order chi connectivity index (χ1) is 15.4. The number of ether oxygens (including phenoxy) is 3. The lowest BCUT2D eigenvalue weighted by atomic mass is 10.3. The Morgan fingerprint density at radius 2 is 1.62 bits per heavy atom. The van der Waals surface area contributed by atoms with Gasteiger partial charge in [-0.1, -0.05) is 0 Å². The van der Waals surface area contributed by atoms with E-state index in [0.29, 0.717) is 17.2 Å². The van der Waals surface area contributed by atoms with Crippen molar-refractivity contribution in [1.82, 2.24) is 5.43 Å². The predicted octanol–water partition coefficient (Wildman–Crippen LogP) is 2.95. The maximum absolute atomic E-state index is 13.5. The Labute approximate surface area is 188 Å². The number of amides is 1. The molecule has 2 aromatic rings. The second-order valence-corrected chi connectivity index (χ2v) is 9.01. The van der Waals surface area contributed by atoms with Crippen molar-refractivity contribution in [1.29, 1.82) is 0 Å². The molecule has 1 amide bonds. The van der Waals surface area contributed by atoms with Crippen LogP contribution in [0.4, 0.5) is 5.69 Å². The number of rotatable bonds is 9. The van der Waals surface area contributed by atoms with Crippen LogP contribution in [0.5, 0.6) is 17.2 Å². The monoisotopic (exact) mass is 461 g/mol. The zero-order chi connectivity index (χ0) is 23.1. The molecule has 0 aliphatic heterocycles. The molecular weight excluding hydrogens is 434 g/mol. The maximum Gasteiger partial charge on any atom is 0.264 e. The number of methoxy groups -OCH3 is 3. The number of nitrogens with one attached hydrogen (secondary N) is 1. The van der Waals surface area contributed by atoms with Crippen molar-refractivity contribution in [3.8, 4) is 17.2 Å². The first-order valence-electron chi connectivity index (χ1n) is 10.1. The van der Waals surface area contributed by atoms with E-state index in [1.54, 1.807) is 24.3 Å². The third kappa shape index (κ3) is 5.31. The summed E-state index contributed by atoms with van der Waals surface area (Å²) in [7, 11) is 0.287. The summed E-state index contributed by atoms with van der Waals surface area (Å²) in [5.74, 6) is 0.687. The lowest BCUT2D eigenvalue weighted by molar-refractivity contribution is -0.119. The topological polar surface area (TPSA) is 107 Å². The van der Waals surface area contributed by atoms with Gasteiger partial charge in [0.2, 0.25) is 0 Å². The van der Waals surface area contributed by atoms with E-state index in [0.717, 1.165) is 35.7 Å². The van der Waals surface area contributed by atoms with Gasteiger partial charge in [0, 0.05) is 11.8 Å². The highest BCUT2D eigenvalue weighted by Crippen LogP contribution is 2.32. The molecule has 3 rings (SSSR count). The van der Waals surface area contributed by atoms with Gasteiger partial charge in [-0.15, -0.1) is 0 Å². The molecule has 1 saturated carbocycles. The highest BCUT2D eigenvalue weighted by atomic mass is 32.2. The molecule has 1 aliphatic rings. The molecule has 0 saturated heterocycles. The van der Waals surface area contributed by atoms with Gasteiger partial charge in [-0.3, -0.25) is 9.10 Å². The van der Waals surface area contributed by atoms with Crippen LogP contribution in [-0.2, 0) is 14.8 Å². The fraction of sp³-hybridized carbons (Fsp3) is 0.364. The van der Waals surface area contributed by atoms with Gasteiger partial charge in [-0.2, -0.15) is 5.10 Å². The van der Waals surface area contributed by atoms with E-state index < -0.39 is 22.5 Å². The van der Waals surface area contributed by atoms with E-state index in [1.807, 2.05) is 0 Å². The van der Waals surface area contributed by atoms with Crippen molar-refractivity contribution in [3.63, 3.8) is 0 Å². The third-order valence-corrected chi connectivity index (χ3v) is 6.88. The van der Waals surface area contributed by atoms with Crippen LogP contribution < -0.4 is 23.9 Å². The van der Waals surface area contributed by atoms with Gasteiger partial charge in [-0.25, -0.2) is 13.8 Å². The van der Waals surface area contributed by atoms with Gasteiger partial charge in [-0.05, 0) is 62.1 Å². The van der Waals surface area contributed by atoms with E-state index in [9.17, 15) is 13.2 Å². The van der Waals surface area contributed by atoms with Gasteiger partial charge in [0.15, 0.2) is 11.5 Å². The molecule has 1 N–H and O–H groups in total. The van der Waals surface area contributed by atoms with Crippen LogP contribution in [0, 0.1) is 0 Å². The Morgan fingerprint density at radius 1 is 0.969 bits per heavy atom. The van der Waals surface area contributed by atoms with E-state index in [-0.39, 0.29) is 10.6 Å². The molecule has 0 atom stereocenters. The fourth-order valence-electron chi connectivity index (χ4n) is 3.37. The molecule has 172 valence electrons. The van der Waals surface area contributed by atoms with Crippen molar-refractivity contribution in [3.05, 3.63) is 42.5 Å². The minimum atomic E-state index is -4.12. The number of carbonyl (C=O) groups excluding carboxylic acids is 1. The molecule has 1 aliphatic carbocycles. The number of hydrogen-bond acceptors (Lipinski definition) is 7. The average Bonchev–Trinajstić information content (AvgIpc) is 3.34. The van der Waals surface area contributed by atoms with Gasteiger partial charge >= 0.3 is 0 Å². The standard InChI is InChI=1S/C22H27N3O6S/c1-29-18-10-8-17(9-11-18)25(15-22(26)24-23-16-6-4-5-7-16)32(27,28)19-12-13-20(30-2)21(14-19)31-3/h8-14H,4-7,15H2,1-3H3,(H,24,26). The molecule has 32 heavy (non-hydrogen) atoms. The number of hydrogen-bond donors (Lipinski definition) is 1. The molecule has 0 unspecified atom stereocenters. The average molecular weight is 462 g/mol. The Morgan fingerprint density at radius 3 is 2.22 bits per heavy atom. The SMILES string of the molecule is COc1ccc(N(CC(=O)NN=C2CCCC2)S(=O)(=O)c2ccc(OC)c(OC)c2)cc1. The quantitative estimate of drug-likeness (QED) is 0.576. The molecular formula is C22H27N3O6S. The van der Waals surface area contributed by atoms with Crippen molar-refractivity contribution < 1.29 is 27.4 Å². The van der Waals surface area contributed by atoms with Gasteiger partial charge in [0.25, 0.3) is 15.9 Å². The summed E-state index contributed by atoms with van der Waals surface area (Å²) < 4.78 is 43.7. The summed E-state index contributed by atoms with van der Waals surface area (Å²) in [6, 6.07) is 10.7. The fourth-order valence-corrected chi connectivity index (χ4v) is 4.81. The number of nitrogens with zero attached hydrogens (tertiary/aromatic N) is 2. The van der Waals surface area contributed by atoms with Crippen molar-refractivity contribution in [2.45, 2.75) is 30.6 Å². The second kappa shape index (κ2) is 10.4. The molecule has 1 fully saturated rings. The van der Waals surface area contributed by atoms with Crippen molar-refractivity contribution >= 4 is 27.3 Å². The Kier molecular flexibility index (Phi) is 7.57. The minimum Gasteiger partial charge on any atom is -0.497 e. The summed E-state index contributed by atoms with van der Waals surface area (Å²) in [6.45, 7) is -0.445. The van der Waals surface area contributed by atoms with Gasteiger partial charge < -0.3 is 14.2 Å². The van der Waals surface area contributed by atoms with Crippen LogP contribution in [0.15, 0.2) is 52.5 Å². The van der Waals surface area contributed by atoms with Gasteiger partial charge in [0.1, 0.15) is 12.3 Å². The van der Waals surface area contributed by atoms with E-state index in [2.05, 4.69) is 10.5 Å². The number of sulfonamides is 1. The predicted molar refractivity (Wildman–Crippen MR) is 121 cm³/mol. The molecule has 0 bridgehead atoms. The van der Waals surface area contributed by atoms with Gasteiger partial charge in [0.05, 0.1) is 31.9 Å². The first-order valence-corrected chi connectivity index (χ1v) is 11.6. The summed E-state index contributed by atoms with van der Waals surface area (Å²) in [6.07, 6.45) is 3.76. The minimum absolute atomic E-state index is 0.0409. The summed E-state index contributed by atoms with van der Waals surface area (Å²) >= 11 is 0. The highest BCUT2D eigenvalue weighted by Gasteiger charge is 2.28. The molecule has 0 aromatic heterocycles. The van der Waals surface area contributed by atoms with Crippen LogP contribution in [0.2, 0.25) is 0 Å². The zero-order valence-corrected chi connectivity index (χ0v) is 19.1. The zero-order valence-electron chi connectivity index (χ0n) is 18.3. The van der Waals surface area contributed by atoms with Crippen LogP contribution in [-0.4, -0.2) is 47.9 Å². The molecule has 0 radical (unpaired) electrons. The second-order valence-electron chi connectivity index (χ2n) is 7.15. The Hall–Kier alpha value is -3.27. The molecule has 2 aromatic carbocycles. The molecule has 9 nitrogen and oxygen atoms in total. The Bertz CT molecular complexity index is 1080. The van der Waals surface area contributed by atoms with Crippen LogP contribution in [0.1, 0.15) is 25.7 Å². The molecule has 0 heterocycles. The lowest BCUT2D eigenvalue weighted by Gasteiger charge is -2.24. The number of benzene rings is 2. The summed E-state index contributed by atoms with van der Waals surface area (Å²) in [4.78, 5) is 12.6. The summed E-state index contributed by atoms with van der Waals surface area (Å²) in [5, 5.41) is 4.14. The van der Waals surface area contributed by atoms with Crippen LogP contribution in [0.25, 0.3) is 0 Å². The van der Waals surface area contributed by atoms with Crippen LogP contribution in [0.3, 0.4) is 0 Å². The first kappa shape index (κ1) is 23.4. The molecule has 10 heteroatoms.